The third-order valence-corrected chi connectivity index (χ3v) is 2.94. The molecule has 17 heavy (non-hydrogen) atoms. The zero-order valence-electron chi connectivity index (χ0n) is 9.90. The molecular formula is C10H17N3O4. The third kappa shape index (κ3) is 3.08. The van der Waals surface area contributed by atoms with Crippen LogP contribution in [0, 0.1) is 5.92 Å². The van der Waals surface area contributed by atoms with Crippen LogP contribution in [0.25, 0.3) is 0 Å². The van der Waals surface area contributed by atoms with E-state index in [-0.39, 0.29) is 12.5 Å². The van der Waals surface area contributed by atoms with E-state index in [2.05, 4.69) is 5.32 Å². The fraction of sp³-hybridized carbons (Fsp3) is 0.700. The maximum Gasteiger partial charge on any atom is 0.329 e. The minimum Gasteiger partial charge on any atom is -0.480 e. The molecule has 7 nitrogen and oxygen atoms in total. The summed E-state index contributed by atoms with van der Waals surface area (Å²) < 4.78 is 0. The summed E-state index contributed by atoms with van der Waals surface area (Å²) in [6.07, 6.45) is 1.56. The van der Waals surface area contributed by atoms with Gasteiger partial charge in [-0.25, -0.2) is 9.59 Å². The van der Waals surface area contributed by atoms with Crippen molar-refractivity contribution in [2.24, 2.45) is 11.7 Å². The van der Waals surface area contributed by atoms with Gasteiger partial charge in [0.15, 0.2) is 0 Å². The number of amides is 3. The summed E-state index contributed by atoms with van der Waals surface area (Å²) in [5.41, 5.74) is 3.68. The van der Waals surface area contributed by atoms with E-state index in [1.54, 1.807) is 0 Å². The maximum absolute atomic E-state index is 11.7. The molecule has 96 valence electrons. The maximum atomic E-state index is 11.7. The fourth-order valence-corrected chi connectivity index (χ4v) is 1.61. The number of carbonyl (C=O) groups is 3. The quantitative estimate of drug-likeness (QED) is 0.596. The van der Waals surface area contributed by atoms with Crippen LogP contribution in [0.1, 0.15) is 19.8 Å². The van der Waals surface area contributed by atoms with Crippen LogP contribution in [-0.4, -0.2) is 47.0 Å². The van der Waals surface area contributed by atoms with Crippen LogP contribution < -0.4 is 11.1 Å². The standard InChI is InChI=1S/C10H17N3O4/c1-10(8(15)16,6-3-4-6)12-9(17)13(2)5-7(11)14/h6H,3-5H2,1-2H3,(H2,11,14)(H,12,17)(H,15,16). The lowest BCUT2D eigenvalue weighted by Crippen LogP contribution is -2.57. The molecule has 0 aromatic heterocycles. The van der Waals surface area contributed by atoms with Crippen molar-refractivity contribution < 1.29 is 19.5 Å². The molecule has 1 saturated carbocycles. The van der Waals surface area contributed by atoms with Crippen LogP contribution in [0.15, 0.2) is 0 Å². The molecule has 0 bridgehead atoms. The van der Waals surface area contributed by atoms with Crippen LogP contribution in [0.5, 0.6) is 0 Å². The SMILES string of the molecule is CN(CC(N)=O)C(=O)NC(C)(C(=O)O)C1CC1. The second-order valence-electron chi connectivity index (χ2n) is 4.53. The molecule has 0 aromatic carbocycles. The van der Waals surface area contributed by atoms with Gasteiger partial charge >= 0.3 is 12.0 Å². The van der Waals surface area contributed by atoms with E-state index in [1.165, 1.54) is 14.0 Å². The van der Waals surface area contributed by atoms with Crippen molar-refractivity contribution in [3.8, 4) is 0 Å². The topological polar surface area (TPSA) is 113 Å². The van der Waals surface area contributed by atoms with Crippen LogP contribution >= 0.6 is 0 Å². The van der Waals surface area contributed by atoms with Gasteiger partial charge in [-0.05, 0) is 25.7 Å². The van der Waals surface area contributed by atoms with E-state index in [0.29, 0.717) is 0 Å². The van der Waals surface area contributed by atoms with Gasteiger partial charge in [0.25, 0.3) is 0 Å². The summed E-state index contributed by atoms with van der Waals surface area (Å²) in [4.78, 5) is 34.5. The van der Waals surface area contributed by atoms with Gasteiger partial charge < -0.3 is 21.1 Å². The van der Waals surface area contributed by atoms with Gasteiger partial charge in [0.1, 0.15) is 12.1 Å². The molecule has 0 spiro atoms. The zero-order chi connectivity index (χ0) is 13.2. The molecule has 3 amide bonds. The lowest BCUT2D eigenvalue weighted by atomic mass is 9.96. The van der Waals surface area contributed by atoms with Crippen LogP contribution in [0.4, 0.5) is 4.79 Å². The highest BCUT2D eigenvalue weighted by Gasteiger charge is 2.48. The molecule has 0 aliphatic heterocycles. The Bertz CT molecular complexity index is 353. The number of primary amides is 1. The Balaban J connectivity index is 2.64. The van der Waals surface area contributed by atoms with Crippen molar-refractivity contribution in [2.75, 3.05) is 13.6 Å². The van der Waals surface area contributed by atoms with Crippen LogP contribution in [0.2, 0.25) is 0 Å². The van der Waals surface area contributed by atoms with Gasteiger partial charge in [0.05, 0.1) is 0 Å². The second-order valence-corrected chi connectivity index (χ2v) is 4.53. The van der Waals surface area contributed by atoms with Gasteiger partial charge in [-0.2, -0.15) is 0 Å². The Labute approximate surface area is 98.9 Å². The number of likely N-dealkylation sites (N-methyl/N-ethyl adjacent to an activating group) is 1. The number of nitrogens with one attached hydrogen (secondary N) is 1. The number of urea groups is 1. The van der Waals surface area contributed by atoms with E-state index in [4.69, 9.17) is 10.8 Å². The summed E-state index contributed by atoms with van der Waals surface area (Å²) >= 11 is 0. The minimum absolute atomic E-state index is 0.0501. The largest absolute Gasteiger partial charge is 0.480 e. The van der Waals surface area contributed by atoms with Crippen molar-refractivity contribution in [3.63, 3.8) is 0 Å². The molecule has 1 atom stereocenters. The molecule has 4 N–H and O–H groups in total. The van der Waals surface area contributed by atoms with E-state index in [9.17, 15) is 14.4 Å². The highest BCUT2D eigenvalue weighted by molar-refractivity contribution is 5.88. The fourth-order valence-electron chi connectivity index (χ4n) is 1.61. The monoisotopic (exact) mass is 243 g/mol. The first-order valence-corrected chi connectivity index (χ1v) is 5.32. The number of nitrogens with zero attached hydrogens (tertiary/aromatic N) is 1. The number of carbonyl (C=O) groups excluding carboxylic acids is 2. The third-order valence-electron chi connectivity index (χ3n) is 2.94. The molecule has 1 aliphatic carbocycles. The van der Waals surface area contributed by atoms with Crippen molar-refractivity contribution in [3.05, 3.63) is 0 Å². The Morgan fingerprint density at radius 3 is 2.35 bits per heavy atom. The van der Waals surface area contributed by atoms with E-state index in [0.717, 1.165) is 17.7 Å². The molecule has 1 aliphatic rings. The molecule has 0 radical (unpaired) electrons. The lowest BCUT2D eigenvalue weighted by molar-refractivity contribution is -0.144. The highest BCUT2D eigenvalue weighted by Crippen LogP contribution is 2.39. The van der Waals surface area contributed by atoms with Gasteiger partial charge in [0.2, 0.25) is 5.91 Å². The zero-order valence-corrected chi connectivity index (χ0v) is 9.90. The first-order chi connectivity index (χ1) is 7.77. The normalized spacial score (nSPS) is 18.0. The number of nitrogens with two attached hydrogens (primary N) is 1. The first kappa shape index (κ1) is 13.3. The number of carboxylic acid groups (broad SMARTS) is 1. The summed E-state index contributed by atoms with van der Waals surface area (Å²) in [7, 11) is 1.38. The minimum atomic E-state index is -1.27. The molecular weight excluding hydrogens is 226 g/mol. The summed E-state index contributed by atoms with van der Waals surface area (Å²) in [6.45, 7) is 1.23. The summed E-state index contributed by atoms with van der Waals surface area (Å²) in [5.74, 6) is -1.77. The van der Waals surface area contributed by atoms with Gasteiger partial charge in [0, 0.05) is 7.05 Å². The Hall–Kier alpha value is -1.79. The molecule has 1 rings (SSSR count). The van der Waals surface area contributed by atoms with Gasteiger partial charge in [-0.3, -0.25) is 4.79 Å². The summed E-state index contributed by atoms with van der Waals surface area (Å²) in [6, 6.07) is -0.611. The molecule has 0 heterocycles. The van der Waals surface area contributed by atoms with Crippen LogP contribution in [0.3, 0.4) is 0 Å². The predicted octanol–water partition coefficient (Wildman–Crippen LogP) is -0.634. The Morgan fingerprint density at radius 2 is 2.00 bits per heavy atom. The number of carboxylic acids is 1. The number of rotatable bonds is 5. The van der Waals surface area contributed by atoms with E-state index >= 15 is 0 Å². The van der Waals surface area contributed by atoms with Crippen molar-refractivity contribution in [1.29, 1.82) is 0 Å². The van der Waals surface area contributed by atoms with Crippen molar-refractivity contribution in [1.82, 2.24) is 10.2 Å². The van der Waals surface area contributed by atoms with Crippen molar-refractivity contribution in [2.45, 2.75) is 25.3 Å². The average Bonchev–Trinajstić information content (AvgIpc) is 2.98. The Kier molecular flexibility index (Phi) is 3.59. The predicted molar refractivity (Wildman–Crippen MR) is 59.1 cm³/mol. The van der Waals surface area contributed by atoms with E-state index in [1.807, 2.05) is 0 Å². The molecule has 0 aromatic rings. The first-order valence-electron chi connectivity index (χ1n) is 5.32. The Morgan fingerprint density at radius 1 is 1.47 bits per heavy atom. The van der Waals surface area contributed by atoms with Crippen LogP contribution in [-0.2, 0) is 9.59 Å². The van der Waals surface area contributed by atoms with Gasteiger partial charge in [-0.1, -0.05) is 0 Å². The highest BCUT2D eigenvalue weighted by atomic mass is 16.4. The number of aliphatic carboxylic acids is 1. The van der Waals surface area contributed by atoms with Gasteiger partial charge in [-0.15, -0.1) is 0 Å². The smallest absolute Gasteiger partial charge is 0.329 e. The van der Waals surface area contributed by atoms with E-state index < -0.39 is 23.4 Å². The lowest BCUT2D eigenvalue weighted by Gasteiger charge is -2.28. The molecule has 0 saturated heterocycles. The average molecular weight is 243 g/mol. The number of hydrogen-bond acceptors (Lipinski definition) is 3. The summed E-state index contributed by atoms with van der Waals surface area (Å²) in [5, 5.41) is 11.6. The molecule has 1 fully saturated rings. The second kappa shape index (κ2) is 4.60. The van der Waals surface area contributed by atoms with Crippen molar-refractivity contribution >= 4 is 17.9 Å². The number of hydrogen-bond donors (Lipinski definition) is 3. The molecule has 7 heteroatoms. The molecule has 1 unspecified atom stereocenters.